The Balaban J connectivity index is 2.13. The molecule has 1 saturated heterocycles. The second-order valence-corrected chi connectivity index (χ2v) is 5.40. The van der Waals surface area contributed by atoms with Gasteiger partial charge in [0.15, 0.2) is 0 Å². The van der Waals surface area contributed by atoms with E-state index < -0.39 is 0 Å². The fourth-order valence-electron chi connectivity index (χ4n) is 2.74. The van der Waals surface area contributed by atoms with Gasteiger partial charge in [-0.2, -0.15) is 0 Å². The van der Waals surface area contributed by atoms with Gasteiger partial charge in [-0.15, -0.1) is 0 Å². The van der Waals surface area contributed by atoms with E-state index >= 15 is 0 Å². The Morgan fingerprint density at radius 1 is 1.40 bits per heavy atom. The monoisotopic (exact) mass is 277 g/mol. The van der Waals surface area contributed by atoms with Crippen molar-refractivity contribution in [2.75, 3.05) is 20.2 Å². The van der Waals surface area contributed by atoms with Crippen LogP contribution in [0.5, 0.6) is 5.75 Å². The molecule has 1 aromatic carbocycles. The van der Waals surface area contributed by atoms with E-state index in [9.17, 15) is 0 Å². The predicted molar refractivity (Wildman–Crippen MR) is 79.3 cm³/mol. The van der Waals surface area contributed by atoms with Gasteiger partial charge in [0.1, 0.15) is 11.6 Å². The van der Waals surface area contributed by atoms with E-state index in [1.165, 1.54) is 0 Å². The number of nitrogens with zero attached hydrogens (tertiary/aromatic N) is 1. The Morgan fingerprint density at radius 2 is 2.05 bits per heavy atom. The molecule has 0 aromatic heterocycles. The number of hydrogen-bond acceptors (Lipinski definition) is 4. The second-order valence-electron chi connectivity index (χ2n) is 5.40. The zero-order valence-electron chi connectivity index (χ0n) is 12.3. The van der Waals surface area contributed by atoms with Crippen molar-refractivity contribution in [3.63, 3.8) is 0 Å². The van der Waals surface area contributed by atoms with E-state index in [0.717, 1.165) is 25.2 Å². The third kappa shape index (κ3) is 3.49. The fraction of sp³-hybridized carbons (Fsp3) is 0.533. The van der Waals surface area contributed by atoms with E-state index in [4.69, 9.17) is 20.6 Å². The smallest absolute Gasteiger partial charge is 0.129 e. The van der Waals surface area contributed by atoms with Gasteiger partial charge >= 0.3 is 0 Å². The van der Waals surface area contributed by atoms with Crippen LogP contribution in [0.25, 0.3) is 0 Å². The molecule has 0 bridgehead atoms. The lowest BCUT2D eigenvalue weighted by molar-refractivity contribution is -0.0704. The molecule has 0 radical (unpaired) electrons. The fourth-order valence-corrected chi connectivity index (χ4v) is 2.74. The number of rotatable bonds is 4. The van der Waals surface area contributed by atoms with Crippen LogP contribution in [-0.4, -0.2) is 43.1 Å². The molecule has 1 heterocycles. The van der Waals surface area contributed by atoms with Crippen LogP contribution < -0.4 is 10.5 Å². The minimum absolute atomic E-state index is 0.0346. The summed E-state index contributed by atoms with van der Waals surface area (Å²) in [6, 6.07) is 5.83. The standard InChI is InChI=1S/C15H23N3O2/c1-10-7-18(8-11(2)20-10)9-12-4-5-14(19-3)13(6-12)15(16)17/h4-6,10-11H,7-9H2,1-3H3,(H3,16,17)/t10-,11+. The molecule has 0 unspecified atom stereocenters. The van der Waals surface area contributed by atoms with E-state index in [0.29, 0.717) is 11.3 Å². The molecule has 0 aliphatic carbocycles. The minimum atomic E-state index is 0.0346. The summed E-state index contributed by atoms with van der Waals surface area (Å²) in [5, 5.41) is 7.62. The van der Waals surface area contributed by atoms with Crippen LogP contribution >= 0.6 is 0 Å². The molecule has 2 atom stereocenters. The number of nitrogens with two attached hydrogens (primary N) is 1. The lowest BCUT2D eigenvalue weighted by Gasteiger charge is -2.35. The zero-order valence-corrected chi connectivity index (χ0v) is 12.3. The van der Waals surface area contributed by atoms with Gasteiger partial charge in [0.25, 0.3) is 0 Å². The van der Waals surface area contributed by atoms with Crippen molar-refractivity contribution in [1.29, 1.82) is 5.41 Å². The van der Waals surface area contributed by atoms with Crippen molar-refractivity contribution in [2.45, 2.75) is 32.6 Å². The summed E-state index contributed by atoms with van der Waals surface area (Å²) in [5.41, 5.74) is 7.39. The maximum Gasteiger partial charge on any atom is 0.129 e. The molecule has 0 saturated carbocycles. The van der Waals surface area contributed by atoms with Gasteiger partial charge in [0, 0.05) is 19.6 Å². The highest BCUT2D eigenvalue weighted by atomic mass is 16.5. The number of amidine groups is 1. The number of ether oxygens (including phenoxy) is 2. The maximum atomic E-state index is 7.62. The minimum Gasteiger partial charge on any atom is -0.496 e. The van der Waals surface area contributed by atoms with Crippen LogP contribution in [0.4, 0.5) is 0 Å². The highest BCUT2D eigenvalue weighted by Gasteiger charge is 2.22. The quantitative estimate of drug-likeness (QED) is 0.647. The molecule has 3 N–H and O–H groups in total. The summed E-state index contributed by atoms with van der Waals surface area (Å²) in [4.78, 5) is 2.37. The molecular weight excluding hydrogens is 254 g/mol. The zero-order chi connectivity index (χ0) is 14.7. The molecule has 5 heteroatoms. The van der Waals surface area contributed by atoms with Crippen LogP contribution in [-0.2, 0) is 11.3 Å². The molecule has 0 spiro atoms. The summed E-state index contributed by atoms with van der Waals surface area (Å²) in [5.74, 6) is 0.678. The lowest BCUT2D eigenvalue weighted by Crippen LogP contribution is -2.44. The lowest BCUT2D eigenvalue weighted by atomic mass is 10.1. The Kier molecular flexibility index (Phi) is 4.62. The normalized spacial score (nSPS) is 23.6. The largest absolute Gasteiger partial charge is 0.496 e. The molecule has 110 valence electrons. The third-order valence-corrected chi connectivity index (χ3v) is 3.46. The van der Waals surface area contributed by atoms with Gasteiger partial charge in [0.05, 0.1) is 24.9 Å². The number of nitrogen functional groups attached to an aromatic ring is 1. The van der Waals surface area contributed by atoms with Crippen molar-refractivity contribution in [3.8, 4) is 5.75 Å². The van der Waals surface area contributed by atoms with Crippen LogP contribution in [0.3, 0.4) is 0 Å². The summed E-state index contributed by atoms with van der Waals surface area (Å²) in [6.07, 6.45) is 0.508. The van der Waals surface area contributed by atoms with Gasteiger partial charge < -0.3 is 15.2 Å². The molecule has 1 aliphatic rings. The van der Waals surface area contributed by atoms with Crippen molar-refractivity contribution >= 4 is 5.84 Å². The summed E-state index contributed by atoms with van der Waals surface area (Å²) >= 11 is 0. The van der Waals surface area contributed by atoms with Crippen molar-refractivity contribution in [1.82, 2.24) is 4.90 Å². The average molecular weight is 277 g/mol. The van der Waals surface area contributed by atoms with E-state index in [2.05, 4.69) is 18.7 Å². The molecule has 1 aliphatic heterocycles. The highest BCUT2D eigenvalue weighted by molar-refractivity contribution is 5.97. The second kappa shape index (κ2) is 6.24. The van der Waals surface area contributed by atoms with Crippen molar-refractivity contribution in [2.24, 2.45) is 5.73 Å². The SMILES string of the molecule is COc1ccc(CN2C[C@@H](C)O[C@@H](C)C2)cc1C(=N)N. The molecule has 20 heavy (non-hydrogen) atoms. The summed E-state index contributed by atoms with van der Waals surface area (Å²) < 4.78 is 11.0. The molecular formula is C15H23N3O2. The summed E-state index contributed by atoms with van der Waals surface area (Å²) in [7, 11) is 1.59. The Morgan fingerprint density at radius 3 is 2.60 bits per heavy atom. The molecule has 5 nitrogen and oxygen atoms in total. The van der Waals surface area contributed by atoms with Crippen molar-refractivity contribution < 1.29 is 9.47 Å². The van der Waals surface area contributed by atoms with Gasteiger partial charge in [-0.3, -0.25) is 10.3 Å². The van der Waals surface area contributed by atoms with Gasteiger partial charge in [-0.25, -0.2) is 0 Å². The number of benzene rings is 1. The number of nitrogens with one attached hydrogen (secondary N) is 1. The van der Waals surface area contributed by atoms with Crippen molar-refractivity contribution in [3.05, 3.63) is 29.3 Å². The Hall–Kier alpha value is -1.59. The average Bonchev–Trinajstić information content (AvgIpc) is 2.37. The summed E-state index contributed by atoms with van der Waals surface area (Å²) in [6.45, 7) is 6.87. The van der Waals surface area contributed by atoms with Crippen LogP contribution in [0, 0.1) is 5.41 Å². The third-order valence-electron chi connectivity index (χ3n) is 3.46. The van der Waals surface area contributed by atoms with Gasteiger partial charge in [-0.05, 0) is 31.5 Å². The first kappa shape index (κ1) is 14.8. The number of morpholine rings is 1. The molecule has 2 rings (SSSR count). The molecule has 0 amide bonds. The first-order valence-corrected chi connectivity index (χ1v) is 6.88. The van der Waals surface area contributed by atoms with Crippen LogP contribution in [0.15, 0.2) is 18.2 Å². The Bertz CT molecular complexity index is 480. The van der Waals surface area contributed by atoms with E-state index in [1.807, 2.05) is 18.2 Å². The molecule has 1 fully saturated rings. The Labute approximate surface area is 120 Å². The first-order chi connectivity index (χ1) is 9.49. The predicted octanol–water partition coefficient (Wildman–Crippen LogP) is 1.59. The van der Waals surface area contributed by atoms with E-state index in [1.54, 1.807) is 7.11 Å². The number of hydrogen-bond donors (Lipinski definition) is 2. The number of methoxy groups -OCH3 is 1. The first-order valence-electron chi connectivity index (χ1n) is 6.88. The van der Waals surface area contributed by atoms with Crippen LogP contribution in [0.1, 0.15) is 25.0 Å². The topological polar surface area (TPSA) is 71.6 Å². The van der Waals surface area contributed by atoms with Gasteiger partial charge in [0.2, 0.25) is 0 Å². The van der Waals surface area contributed by atoms with Gasteiger partial charge in [-0.1, -0.05) is 6.07 Å². The highest BCUT2D eigenvalue weighted by Crippen LogP contribution is 2.21. The van der Waals surface area contributed by atoms with Crippen LogP contribution in [0.2, 0.25) is 0 Å². The maximum absolute atomic E-state index is 7.62. The van der Waals surface area contributed by atoms with E-state index in [-0.39, 0.29) is 18.0 Å². The molecule has 1 aromatic rings.